The van der Waals surface area contributed by atoms with E-state index in [1.165, 1.54) is 6.07 Å². The van der Waals surface area contributed by atoms with Crippen molar-refractivity contribution in [2.24, 2.45) is 0 Å². The highest BCUT2D eigenvalue weighted by Gasteiger charge is 2.44. The van der Waals surface area contributed by atoms with Gasteiger partial charge in [-0.05, 0) is 11.6 Å². The van der Waals surface area contributed by atoms with E-state index in [1.54, 1.807) is 0 Å². The van der Waals surface area contributed by atoms with E-state index in [9.17, 15) is 35.1 Å². The van der Waals surface area contributed by atoms with Crippen LogP contribution in [0, 0.1) is 0 Å². The van der Waals surface area contributed by atoms with Gasteiger partial charge in [0.2, 0.25) is 0 Å². The van der Waals surface area contributed by atoms with Gasteiger partial charge < -0.3 is 5.11 Å². The SMILES string of the molecule is O=S1(=O)C[C@@H](O)[C@H](S(=O)(=O)Cc2cccc(C(F)(F)F)c2)C1. The molecule has 0 amide bonds. The van der Waals surface area contributed by atoms with Gasteiger partial charge in [-0.2, -0.15) is 13.2 Å². The molecule has 0 aromatic heterocycles. The minimum atomic E-state index is -4.60. The first-order valence-electron chi connectivity index (χ1n) is 6.17. The summed E-state index contributed by atoms with van der Waals surface area (Å²) in [6.45, 7) is 0. The van der Waals surface area contributed by atoms with E-state index in [0.29, 0.717) is 6.07 Å². The Hall–Kier alpha value is -1.13. The smallest absolute Gasteiger partial charge is 0.391 e. The third-order valence-electron chi connectivity index (χ3n) is 3.36. The number of aliphatic hydroxyl groups excluding tert-OH is 1. The first-order valence-corrected chi connectivity index (χ1v) is 9.71. The average molecular weight is 358 g/mol. The number of hydrogen-bond acceptors (Lipinski definition) is 5. The molecule has 5 nitrogen and oxygen atoms in total. The molecule has 0 bridgehead atoms. The number of benzene rings is 1. The molecule has 10 heteroatoms. The molecule has 22 heavy (non-hydrogen) atoms. The Morgan fingerprint density at radius 3 is 2.36 bits per heavy atom. The maximum atomic E-state index is 12.6. The topological polar surface area (TPSA) is 88.5 Å². The van der Waals surface area contributed by atoms with Crippen molar-refractivity contribution in [1.82, 2.24) is 0 Å². The predicted molar refractivity (Wildman–Crippen MR) is 72.5 cm³/mol. The maximum absolute atomic E-state index is 12.6. The van der Waals surface area contributed by atoms with E-state index in [1.807, 2.05) is 0 Å². The lowest BCUT2D eigenvalue weighted by molar-refractivity contribution is -0.137. The molecule has 2 rings (SSSR count). The molecular formula is C12H13F3O5S2. The van der Waals surface area contributed by atoms with Gasteiger partial charge >= 0.3 is 6.18 Å². The number of halogens is 3. The summed E-state index contributed by atoms with van der Waals surface area (Å²) >= 11 is 0. The van der Waals surface area contributed by atoms with E-state index < -0.39 is 60.0 Å². The van der Waals surface area contributed by atoms with Crippen LogP contribution in [0.15, 0.2) is 24.3 Å². The Morgan fingerprint density at radius 2 is 1.86 bits per heavy atom. The van der Waals surface area contributed by atoms with Crippen LogP contribution in [0.3, 0.4) is 0 Å². The Kier molecular flexibility index (Phi) is 4.31. The average Bonchev–Trinajstić information content (AvgIpc) is 2.62. The normalized spacial score (nSPS) is 25.3. The van der Waals surface area contributed by atoms with Crippen LogP contribution in [0.1, 0.15) is 11.1 Å². The number of alkyl halides is 3. The number of rotatable bonds is 3. The molecule has 0 radical (unpaired) electrons. The van der Waals surface area contributed by atoms with Crippen LogP contribution in [-0.4, -0.2) is 44.8 Å². The van der Waals surface area contributed by atoms with Crippen molar-refractivity contribution in [3.05, 3.63) is 35.4 Å². The summed E-state index contributed by atoms with van der Waals surface area (Å²) in [4.78, 5) is 0. The molecule has 2 atom stereocenters. The van der Waals surface area contributed by atoms with Crippen molar-refractivity contribution in [2.45, 2.75) is 23.3 Å². The quantitative estimate of drug-likeness (QED) is 0.863. The van der Waals surface area contributed by atoms with E-state index in [2.05, 4.69) is 0 Å². The molecule has 1 aliphatic heterocycles. The Bertz CT molecular complexity index is 768. The lowest BCUT2D eigenvalue weighted by atomic mass is 10.1. The zero-order valence-corrected chi connectivity index (χ0v) is 12.7. The van der Waals surface area contributed by atoms with E-state index >= 15 is 0 Å². The molecular weight excluding hydrogens is 345 g/mol. The van der Waals surface area contributed by atoms with Crippen molar-refractivity contribution >= 4 is 19.7 Å². The summed E-state index contributed by atoms with van der Waals surface area (Å²) in [6, 6.07) is 3.80. The van der Waals surface area contributed by atoms with Gasteiger partial charge in [-0.1, -0.05) is 18.2 Å². The van der Waals surface area contributed by atoms with Gasteiger partial charge in [0.05, 0.1) is 28.9 Å². The molecule has 1 fully saturated rings. The second-order valence-electron chi connectivity index (χ2n) is 5.19. The zero-order valence-electron chi connectivity index (χ0n) is 11.1. The van der Waals surface area contributed by atoms with E-state index in [-0.39, 0.29) is 5.56 Å². The first-order chi connectivity index (χ1) is 9.91. The summed E-state index contributed by atoms with van der Waals surface area (Å²) < 4.78 is 84.8. The minimum absolute atomic E-state index is 0.105. The molecule has 1 aromatic carbocycles. The molecule has 1 heterocycles. The summed E-state index contributed by atoms with van der Waals surface area (Å²) in [5, 5.41) is 8.08. The van der Waals surface area contributed by atoms with Crippen molar-refractivity contribution in [3.8, 4) is 0 Å². The van der Waals surface area contributed by atoms with Gasteiger partial charge in [-0.25, -0.2) is 16.8 Å². The van der Waals surface area contributed by atoms with Gasteiger partial charge in [0, 0.05) is 0 Å². The first kappa shape index (κ1) is 17.2. The predicted octanol–water partition coefficient (Wildman–Crippen LogP) is 0.778. The van der Waals surface area contributed by atoms with Crippen LogP contribution in [0.5, 0.6) is 0 Å². The van der Waals surface area contributed by atoms with Crippen LogP contribution >= 0.6 is 0 Å². The summed E-state index contributed by atoms with van der Waals surface area (Å²) in [5.74, 6) is -2.12. The van der Waals surface area contributed by atoms with Crippen LogP contribution in [0.25, 0.3) is 0 Å². The second-order valence-corrected chi connectivity index (χ2v) is 9.56. The van der Waals surface area contributed by atoms with Crippen molar-refractivity contribution < 1.29 is 35.1 Å². The van der Waals surface area contributed by atoms with E-state index in [0.717, 1.165) is 12.1 Å². The Balaban J connectivity index is 2.27. The molecule has 0 unspecified atom stereocenters. The van der Waals surface area contributed by atoms with Crippen molar-refractivity contribution in [3.63, 3.8) is 0 Å². The number of sulfone groups is 2. The molecule has 1 N–H and O–H groups in total. The fourth-order valence-corrected chi connectivity index (χ4v) is 6.93. The van der Waals surface area contributed by atoms with Gasteiger partial charge in [0.1, 0.15) is 5.25 Å². The van der Waals surface area contributed by atoms with Crippen LogP contribution in [-0.2, 0) is 31.6 Å². The van der Waals surface area contributed by atoms with Gasteiger partial charge in [-0.3, -0.25) is 0 Å². The van der Waals surface area contributed by atoms with Crippen molar-refractivity contribution in [1.29, 1.82) is 0 Å². The van der Waals surface area contributed by atoms with Crippen LogP contribution < -0.4 is 0 Å². The maximum Gasteiger partial charge on any atom is 0.416 e. The molecule has 1 aliphatic rings. The molecule has 0 spiro atoms. The summed E-state index contributed by atoms with van der Waals surface area (Å²) in [6.07, 6.45) is -6.16. The molecule has 0 aliphatic carbocycles. The largest absolute Gasteiger partial charge is 0.416 e. The minimum Gasteiger partial charge on any atom is -0.391 e. The standard InChI is InChI=1S/C12H13F3O5S2/c13-12(14,15)9-3-1-2-8(4-9)5-22(19,20)11-7-21(17,18)6-10(11)16/h1-4,10-11,16H,5-7H2/t10-,11-/m1/s1. The number of hydrogen-bond donors (Lipinski definition) is 1. The molecule has 124 valence electrons. The van der Waals surface area contributed by atoms with Crippen LogP contribution in [0.4, 0.5) is 13.2 Å². The fourth-order valence-electron chi connectivity index (χ4n) is 2.32. The zero-order chi connectivity index (χ0) is 16.8. The Labute approximate surface area is 125 Å². The third-order valence-corrected chi connectivity index (χ3v) is 7.42. The van der Waals surface area contributed by atoms with Gasteiger partial charge in [0.15, 0.2) is 19.7 Å². The highest BCUT2D eigenvalue weighted by molar-refractivity contribution is 7.96. The molecule has 1 saturated heterocycles. The molecule has 0 saturated carbocycles. The van der Waals surface area contributed by atoms with Gasteiger partial charge in [0.25, 0.3) is 0 Å². The second kappa shape index (κ2) is 5.50. The summed E-state index contributed by atoms with van der Waals surface area (Å²) in [5.41, 5.74) is -1.09. The molecule has 1 aromatic rings. The fraction of sp³-hybridized carbons (Fsp3) is 0.500. The highest BCUT2D eigenvalue weighted by Crippen LogP contribution is 2.30. The number of aliphatic hydroxyl groups is 1. The third kappa shape index (κ3) is 3.79. The monoisotopic (exact) mass is 358 g/mol. The summed E-state index contributed by atoms with van der Waals surface area (Å²) in [7, 11) is -7.75. The highest BCUT2D eigenvalue weighted by atomic mass is 32.2. The Morgan fingerprint density at radius 1 is 1.23 bits per heavy atom. The lowest BCUT2D eigenvalue weighted by Crippen LogP contribution is -2.33. The van der Waals surface area contributed by atoms with Gasteiger partial charge in [-0.15, -0.1) is 0 Å². The van der Waals surface area contributed by atoms with E-state index in [4.69, 9.17) is 0 Å². The lowest BCUT2D eigenvalue weighted by Gasteiger charge is -2.14. The van der Waals surface area contributed by atoms with Crippen LogP contribution in [0.2, 0.25) is 0 Å². The van der Waals surface area contributed by atoms with Crippen molar-refractivity contribution in [2.75, 3.05) is 11.5 Å².